The summed E-state index contributed by atoms with van der Waals surface area (Å²) in [4.78, 5) is 11.9. The molecule has 1 aromatic heterocycles. The maximum absolute atomic E-state index is 11.9. The Bertz CT molecular complexity index is 627. The maximum Gasteiger partial charge on any atom is 0.221 e. The molecular weight excluding hydrogens is 302 g/mol. The van der Waals surface area contributed by atoms with Crippen LogP contribution in [0.4, 0.5) is 0 Å². The molecular formula is C16H20ClN3O2. The van der Waals surface area contributed by atoms with Crippen LogP contribution < -0.4 is 5.32 Å². The molecule has 22 heavy (non-hydrogen) atoms. The Kier molecular flexibility index (Phi) is 5.98. The average Bonchev–Trinajstić information content (AvgIpc) is 2.91. The van der Waals surface area contributed by atoms with Crippen molar-refractivity contribution >= 4 is 17.5 Å². The van der Waals surface area contributed by atoms with E-state index in [2.05, 4.69) is 10.4 Å². The van der Waals surface area contributed by atoms with Crippen LogP contribution in [0.5, 0.6) is 0 Å². The molecule has 1 heterocycles. The molecule has 0 aliphatic heterocycles. The molecule has 2 aromatic rings. The molecule has 1 unspecified atom stereocenters. The first-order valence-electron chi connectivity index (χ1n) is 7.12. The van der Waals surface area contributed by atoms with Crippen LogP contribution in [0.1, 0.15) is 23.7 Å². The van der Waals surface area contributed by atoms with Crippen molar-refractivity contribution in [2.75, 3.05) is 13.7 Å². The minimum atomic E-state index is -0.213. The Morgan fingerprint density at radius 1 is 1.50 bits per heavy atom. The van der Waals surface area contributed by atoms with Gasteiger partial charge in [0.05, 0.1) is 12.3 Å². The van der Waals surface area contributed by atoms with E-state index >= 15 is 0 Å². The van der Waals surface area contributed by atoms with E-state index in [1.54, 1.807) is 18.0 Å². The van der Waals surface area contributed by atoms with Gasteiger partial charge in [-0.25, -0.2) is 0 Å². The van der Waals surface area contributed by atoms with Crippen LogP contribution in [0.15, 0.2) is 36.7 Å². The maximum atomic E-state index is 11.9. The van der Waals surface area contributed by atoms with E-state index in [4.69, 9.17) is 16.3 Å². The fourth-order valence-electron chi connectivity index (χ4n) is 2.14. The van der Waals surface area contributed by atoms with Crippen molar-refractivity contribution in [3.8, 4) is 0 Å². The average molecular weight is 322 g/mol. The van der Waals surface area contributed by atoms with Gasteiger partial charge in [-0.3, -0.25) is 9.48 Å². The normalized spacial score (nSPS) is 12.1. The highest BCUT2D eigenvalue weighted by atomic mass is 35.5. The summed E-state index contributed by atoms with van der Waals surface area (Å²) in [6.07, 6.45) is 3.86. The van der Waals surface area contributed by atoms with Gasteiger partial charge >= 0.3 is 0 Å². The number of carbonyl (C=O) groups is 1. The summed E-state index contributed by atoms with van der Waals surface area (Å²) in [6.45, 7) is 2.94. The largest absolute Gasteiger partial charge is 0.375 e. The Labute approximate surface area is 135 Å². The van der Waals surface area contributed by atoms with Crippen LogP contribution in [0.3, 0.4) is 0 Å². The third-order valence-electron chi connectivity index (χ3n) is 3.32. The molecule has 0 fully saturated rings. The first-order valence-corrected chi connectivity index (χ1v) is 7.50. The zero-order chi connectivity index (χ0) is 15.9. The summed E-state index contributed by atoms with van der Waals surface area (Å²) < 4.78 is 7.18. The van der Waals surface area contributed by atoms with Gasteiger partial charge in [-0.15, -0.1) is 0 Å². The van der Waals surface area contributed by atoms with E-state index in [0.29, 0.717) is 24.5 Å². The number of hydrogen-bond acceptors (Lipinski definition) is 3. The first kappa shape index (κ1) is 16.5. The molecule has 0 saturated carbocycles. The molecule has 1 aromatic carbocycles. The number of rotatable bonds is 7. The Morgan fingerprint density at radius 3 is 2.95 bits per heavy atom. The van der Waals surface area contributed by atoms with Gasteiger partial charge < -0.3 is 10.1 Å². The minimum Gasteiger partial charge on any atom is -0.375 e. The summed E-state index contributed by atoms with van der Waals surface area (Å²) in [5.41, 5.74) is 2.03. The molecule has 0 aliphatic rings. The Hall–Kier alpha value is -1.85. The summed E-state index contributed by atoms with van der Waals surface area (Å²) >= 11 is 5.98. The lowest BCUT2D eigenvalue weighted by molar-refractivity contribution is -0.121. The minimum absolute atomic E-state index is 0.0303. The third-order valence-corrected chi connectivity index (χ3v) is 3.56. The Balaban J connectivity index is 1.81. The lowest BCUT2D eigenvalue weighted by Gasteiger charge is -2.16. The van der Waals surface area contributed by atoms with Gasteiger partial charge in [-0.1, -0.05) is 23.7 Å². The van der Waals surface area contributed by atoms with Gasteiger partial charge in [-0.05, 0) is 30.2 Å². The second-order valence-corrected chi connectivity index (χ2v) is 5.55. The SMILES string of the molecule is COC(CNC(=O)CCn1cc(C)cn1)c1cccc(Cl)c1. The van der Waals surface area contributed by atoms with Crippen molar-refractivity contribution in [2.24, 2.45) is 0 Å². The highest BCUT2D eigenvalue weighted by Crippen LogP contribution is 2.19. The quantitative estimate of drug-likeness (QED) is 0.853. The fourth-order valence-corrected chi connectivity index (χ4v) is 2.34. The van der Waals surface area contributed by atoms with Crippen molar-refractivity contribution in [1.29, 1.82) is 0 Å². The number of amides is 1. The standard InChI is InChI=1S/C16H20ClN3O2/c1-12-9-19-20(11-12)7-6-16(21)18-10-15(22-2)13-4-3-5-14(17)8-13/h3-5,8-9,11,15H,6-7,10H2,1-2H3,(H,18,21). The lowest BCUT2D eigenvalue weighted by Crippen LogP contribution is -2.29. The summed E-state index contributed by atoms with van der Waals surface area (Å²) in [5, 5.41) is 7.69. The van der Waals surface area contributed by atoms with E-state index < -0.39 is 0 Å². The van der Waals surface area contributed by atoms with Crippen LogP contribution in [0.2, 0.25) is 5.02 Å². The third kappa shape index (κ3) is 4.86. The lowest BCUT2D eigenvalue weighted by atomic mass is 10.1. The molecule has 2 rings (SSSR count). The molecule has 1 atom stereocenters. The number of ether oxygens (including phenoxy) is 1. The van der Waals surface area contributed by atoms with Crippen molar-refractivity contribution in [2.45, 2.75) is 26.0 Å². The first-order chi connectivity index (χ1) is 10.6. The van der Waals surface area contributed by atoms with Gasteiger partial charge in [0, 0.05) is 37.8 Å². The molecule has 1 N–H and O–H groups in total. The van der Waals surface area contributed by atoms with Gasteiger partial charge in [0.2, 0.25) is 5.91 Å². The zero-order valence-electron chi connectivity index (χ0n) is 12.8. The number of aryl methyl sites for hydroxylation is 2. The molecule has 0 radical (unpaired) electrons. The molecule has 1 amide bonds. The predicted octanol–water partition coefficient (Wildman–Crippen LogP) is 2.74. The second kappa shape index (κ2) is 7.96. The number of aromatic nitrogens is 2. The molecule has 0 bridgehead atoms. The van der Waals surface area contributed by atoms with Gasteiger partial charge in [-0.2, -0.15) is 5.10 Å². The predicted molar refractivity (Wildman–Crippen MR) is 85.8 cm³/mol. The molecule has 5 nitrogen and oxygen atoms in total. The highest BCUT2D eigenvalue weighted by Gasteiger charge is 2.12. The molecule has 0 spiro atoms. The zero-order valence-corrected chi connectivity index (χ0v) is 13.5. The monoisotopic (exact) mass is 321 g/mol. The van der Waals surface area contributed by atoms with E-state index in [0.717, 1.165) is 11.1 Å². The molecule has 6 heteroatoms. The van der Waals surface area contributed by atoms with E-state index in [1.807, 2.05) is 37.4 Å². The van der Waals surface area contributed by atoms with Crippen LogP contribution in [-0.4, -0.2) is 29.3 Å². The number of methoxy groups -OCH3 is 1. The van der Waals surface area contributed by atoms with Gasteiger partial charge in [0.25, 0.3) is 0 Å². The summed E-state index contributed by atoms with van der Waals surface area (Å²) in [5.74, 6) is -0.0303. The summed E-state index contributed by atoms with van der Waals surface area (Å²) in [6, 6.07) is 7.45. The van der Waals surface area contributed by atoms with E-state index in [9.17, 15) is 4.79 Å². The van der Waals surface area contributed by atoms with Crippen molar-refractivity contribution in [1.82, 2.24) is 15.1 Å². The topological polar surface area (TPSA) is 56.1 Å². The smallest absolute Gasteiger partial charge is 0.221 e. The number of benzene rings is 1. The number of nitrogens with one attached hydrogen (secondary N) is 1. The number of hydrogen-bond donors (Lipinski definition) is 1. The van der Waals surface area contributed by atoms with Crippen molar-refractivity contribution in [3.63, 3.8) is 0 Å². The van der Waals surface area contributed by atoms with Crippen molar-refractivity contribution in [3.05, 3.63) is 52.8 Å². The van der Waals surface area contributed by atoms with Crippen LogP contribution in [-0.2, 0) is 16.1 Å². The van der Waals surface area contributed by atoms with Crippen molar-refractivity contribution < 1.29 is 9.53 Å². The van der Waals surface area contributed by atoms with Gasteiger partial charge in [0.15, 0.2) is 0 Å². The number of carbonyl (C=O) groups excluding carboxylic acids is 1. The highest BCUT2D eigenvalue weighted by molar-refractivity contribution is 6.30. The van der Waals surface area contributed by atoms with E-state index in [1.165, 1.54) is 0 Å². The molecule has 0 aliphatic carbocycles. The molecule has 118 valence electrons. The fraction of sp³-hybridized carbons (Fsp3) is 0.375. The van der Waals surface area contributed by atoms with Crippen LogP contribution in [0.25, 0.3) is 0 Å². The van der Waals surface area contributed by atoms with Crippen LogP contribution >= 0.6 is 11.6 Å². The van der Waals surface area contributed by atoms with Crippen LogP contribution in [0, 0.1) is 6.92 Å². The van der Waals surface area contributed by atoms with Gasteiger partial charge in [0.1, 0.15) is 0 Å². The number of nitrogens with zero attached hydrogens (tertiary/aromatic N) is 2. The Morgan fingerprint density at radius 2 is 2.32 bits per heavy atom. The second-order valence-electron chi connectivity index (χ2n) is 5.11. The van der Waals surface area contributed by atoms with E-state index in [-0.39, 0.29) is 12.0 Å². The molecule has 0 saturated heterocycles. The number of halogens is 1. The summed E-state index contributed by atoms with van der Waals surface area (Å²) in [7, 11) is 1.62.